The number of aromatic nitrogens is 1. The Morgan fingerprint density at radius 3 is 2.48 bits per heavy atom. The van der Waals surface area contributed by atoms with Crippen molar-refractivity contribution in [3.63, 3.8) is 0 Å². The maximum absolute atomic E-state index is 12.8. The molecule has 0 spiro atoms. The largest absolute Gasteiger partial charge is 0.394 e. The molecule has 2 aromatic carbocycles. The highest BCUT2D eigenvalue weighted by atomic mass is 16.3. The third-order valence-corrected chi connectivity index (χ3v) is 8.31. The molecule has 1 atom stereocenters. The molecule has 44 heavy (non-hydrogen) atoms. The summed E-state index contributed by atoms with van der Waals surface area (Å²) in [7, 11) is 0. The van der Waals surface area contributed by atoms with E-state index in [4.69, 9.17) is 0 Å². The maximum Gasteiger partial charge on any atom is 0.253 e. The van der Waals surface area contributed by atoms with E-state index in [1.54, 1.807) is 18.5 Å². The first kappa shape index (κ1) is 31.2. The summed E-state index contributed by atoms with van der Waals surface area (Å²) in [6.07, 6.45) is 7.81. The van der Waals surface area contributed by atoms with E-state index in [1.807, 2.05) is 48.0 Å². The van der Waals surface area contributed by atoms with Crippen LogP contribution in [-0.4, -0.2) is 85.1 Å². The Morgan fingerprint density at radius 1 is 1.07 bits per heavy atom. The number of aliphatic imine (C=N–C) groups is 2. The highest BCUT2D eigenvalue weighted by molar-refractivity contribution is 5.97. The van der Waals surface area contributed by atoms with Gasteiger partial charge >= 0.3 is 0 Å². The van der Waals surface area contributed by atoms with Crippen LogP contribution in [0.5, 0.6) is 0 Å². The van der Waals surface area contributed by atoms with Crippen molar-refractivity contribution in [1.29, 1.82) is 0 Å². The molecule has 2 aliphatic heterocycles. The predicted octanol–water partition coefficient (Wildman–Crippen LogP) is 3.90. The summed E-state index contributed by atoms with van der Waals surface area (Å²) < 4.78 is 1.92. The summed E-state index contributed by atoms with van der Waals surface area (Å²) in [5.74, 6) is 0.178. The van der Waals surface area contributed by atoms with Gasteiger partial charge in [-0.2, -0.15) is 0 Å². The number of nitrogens with zero attached hydrogens (tertiary/aromatic N) is 5. The van der Waals surface area contributed by atoms with Crippen molar-refractivity contribution in [2.24, 2.45) is 9.98 Å². The maximum atomic E-state index is 12.8. The van der Waals surface area contributed by atoms with E-state index < -0.39 is 6.04 Å². The Labute approximate surface area is 260 Å². The van der Waals surface area contributed by atoms with Crippen molar-refractivity contribution < 1.29 is 9.90 Å². The first-order valence-corrected chi connectivity index (χ1v) is 15.4. The number of piperidine rings is 1. The summed E-state index contributed by atoms with van der Waals surface area (Å²) >= 11 is 0. The number of carbonyl (C=O) groups is 1. The molecule has 5 rings (SSSR count). The standard InChI is InChI=1S/C34H44N8O2/c1-26(23-40-17-12-28(24-40)33(44)39-32(25-43)27-6-4-3-5-7-27)22-37-34(35-2)38-29-8-10-30(11-9-29)41-18-13-31(14-19-41)42-20-15-36-16-21-42/h3-12,17,22,24,31-32,36,43H,2,13-16,18-21,23,25H2,1H3,(H,37,38)(H,39,44)/b26-22-. The molecule has 0 radical (unpaired) electrons. The van der Waals surface area contributed by atoms with Gasteiger partial charge in [-0.1, -0.05) is 30.3 Å². The van der Waals surface area contributed by atoms with Crippen LogP contribution in [0.1, 0.15) is 41.7 Å². The first-order valence-electron chi connectivity index (χ1n) is 15.4. The van der Waals surface area contributed by atoms with Crippen LogP contribution in [-0.2, 0) is 6.54 Å². The number of hydrogen-bond acceptors (Lipinski definition) is 6. The molecule has 0 saturated carbocycles. The Bertz CT molecular complexity index is 1420. The highest BCUT2D eigenvalue weighted by Crippen LogP contribution is 2.24. The van der Waals surface area contributed by atoms with Gasteiger partial charge in [0.2, 0.25) is 5.96 Å². The molecule has 1 aromatic heterocycles. The Morgan fingerprint density at radius 2 is 1.80 bits per heavy atom. The van der Waals surface area contributed by atoms with Crippen LogP contribution in [0.25, 0.3) is 0 Å². The van der Waals surface area contributed by atoms with Gasteiger partial charge in [0.25, 0.3) is 5.91 Å². The minimum atomic E-state index is -0.462. The lowest BCUT2D eigenvalue weighted by Gasteiger charge is -2.41. The van der Waals surface area contributed by atoms with Gasteiger partial charge in [0, 0.05) is 81.8 Å². The van der Waals surface area contributed by atoms with Crippen molar-refractivity contribution in [2.45, 2.75) is 38.4 Å². The number of anilines is 2. The minimum absolute atomic E-state index is 0.176. The molecule has 1 amide bonds. The van der Waals surface area contributed by atoms with Crippen LogP contribution in [0, 0.1) is 0 Å². The molecule has 232 valence electrons. The number of rotatable bonds is 10. The fourth-order valence-electron chi connectivity index (χ4n) is 5.87. The van der Waals surface area contributed by atoms with Crippen molar-refractivity contribution >= 4 is 30.0 Å². The average Bonchev–Trinajstić information content (AvgIpc) is 3.55. The molecule has 0 aliphatic carbocycles. The highest BCUT2D eigenvalue weighted by Gasteiger charge is 2.25. The number of guanidine groups is 1. The lowest BCUT2D eigenvalue weighted by atomic mass is 10.0. The zero-order valence-electron chi connectivity index (χ0n) is 25.5. The predicted molar refractivity (Wildman–Crippen MR) is 179 cm³/mol. The smallest absolute Gasteiger partial charge is 0.253 e. The lowest BCUT2D eigenvalue weighted by Crippen LogP contribution is -2.52. The Kier molecular flexibility index (Phi) is 11.0. The van der Waals surface area contributed by atoms with Gasteiger partial charge in [0.05, 0.1) is 18.2 Å². The monoisotopic (exact) mass is 596 g/mol. The van der Waals surface area contributed by atoms with Gasteiger partial charge in [-0.05, 0) is 68.0 Å². The number of piperazine rings is 1. The van der Waals surface area contributed by atoms with E-state index in [2.05, 4.69) is 66.7 Å². The molecule has 3 aromatic rings. The molecular formula is C34H44N8O2. The van der Waals surface area contributed by atoms with Crippen LogP contribution in [0.4, 0.5) is 11.4 Å². The number of aliphatic hydroxyl groups is 1. The van der Waals surface area contributed by atoms with Crippen LogP contribution in [0.3, 0.4) is 0 Å². The van der Waals surface area contributed by atoms with Gasteiger partial charge < -0.3 is 30.5 Å². The molecule has 4 N–H and O–H groups in total. The SMILES string of the molecule is C=NC(=N/C=C(/C)Cn1ccc(C(=O)NC(CO)c2ccccc2)c1)Nc1ccc(N2CCC(N3CCNCC3)CC2)cc1. The second-order valence-corrected chi connectivity index (χ2v) is 11.5. The molecule has 10 nitrogen and oxygen atoms in total. The van der Waals surface area contributed by atoms with Crippen molar-refractivity contribution in [1.82, 2.24) is 20.1 Å². The topological polar surface area (TPSA) is 110 Å². The Hall–Kier alpha value is -4.25. The van der Waals surface area contributed by atoms with Crippen LogP contribution >= 0.6 is 0 Å². The van der Waals surface area contributed by atoms with E-state index in [1.165, 1.54) is 18.5 Å². The summed E-state index contributed by atoms with van der Waals surface area (Å²) in [4.78, 5) is 26.5. The van der Waals surface area contributed by atoms with Crippen LogP contribution < -0.4 is 20.9 Å². The summed E-state index contributed by atoms with van der Waals surface area (Å²) in [5.41, 5.74) is 4.50. The number of carbonyl (C=O) groups excluding carboxylic acids is 1. The van der Waals surface area contributed by atoms with Gasteiger partial charge in [-0.15, -0.1) is 0 Å². The third kappa shape index (κ3) is 8.43. The molecule has 10 heteroatoms. The first-order chi connectivity index (χ1) is 21.5. The van der Waals surface area contributed by atoms with E-state index >= 15 is 0 Å². The van der Waals surface area contributed by atoms with Crippen LogP contribution in [0.2, 0.25) is 0 Å². The fraction of sp³-hybridized carbons (Fsp3) is 0.382. The second kappa shape index (κ2) is 15.5. The number of amides is 1. The summed E-state index contributed by atoms with van der Waals surface area (Å²) in [6, 6.07) is 19.9. The van der Waals surface area contributed by atoms with Crippen molar-refractivity contribution in [2.75, 3.05) is 56.1 Å². The zero-order valence-corrected chi connectivity index (χ0v) is 25.5. The van der Waals surface area contributed by atoms with Crippen LogP contribution in [0.15, 0.2) is 94.8 Å². The number of allylic oxidation sites excluding steroid dienone is 1. The minimum Gasteiger partial charge on any atom is -0.394 e. The zero-order chi connectivity index (χ0) is 30.7. The average molecular weight is 597 g/mol. The molecule has 3 heterocycles. The fourth-order valence-corrected chi connectivity index (χ4v) is 5.87. The van der Waals surface area contributed by atoms with Gasteiger partial charge in [-0.25, -0.2) is 9.98 Å². The van der Waals surface area contributed by atoms with E-state index in [0.29, 0.717) is 24.1 Å². The molecular weight excluding hydrogens is 552 g/mol. The third-order valence-electron chi connectivity index (χ3n) is 8.31. The van der Waals surface area contributed by atoms with E-state index in [0.717, 1.165) is 56.1 Å². The molecule has 1 unspecified atom stereocenters. The quantitative estimate of drug-likeness (QED) is 0.209. The van der Waals surface area contributed by atoms with Crippen molar-refractivity contribution in [3.05, 3.63) is 96.0 Å². The number of benzene rings is 2. The number of hydrogen-bond donors (Lipinski definition) is 4. The molecule has 2 aliphatic rings. The Balaban J connectivity index is 1.11. The van der Waals surface area contributed by atoms with E-state index in [9.17, 15) is 9.90 Å². The van der Waals surface area contributed by atoms with E-state index in [-0.39, 0.29) is 12.5 Å². The number of aliphatic hydroxyl groups excluding tert-OH is 1. The van der Waals surface area contributed by atoms with Gasteiger partial charge in [0.15, 0.2) is 0 Å². The normalized spacial score (nSPS) is 17.7. The molecule has 0 bridgehead atoms. The molecule has 2 fully saturated rings. The summed E-state index contributed by atoms with van der Waals surface area (Å²) in [5, 5.41) is 19.4. The lowest BCUT2D eigenvalue weighted by molar-refractivity contribution is 0.0916. The van der Waals surface area contributed by atoms with Gasteiger partial charge in [0.1, 0.15) is 0 Å². The van der Waals surface area contributed by atoms with Crippen molar-refractivity contribution in [3.8, 4) is 0 Å². The second-order valence-electron chi connectivity index (χ2n) is 11.5. The van der Waals surface area contributed by atoms with Gasteiger partial charge in [-0.3, -0.25) is 9.69 Å². The molecule has 2 saturated heterocycles. The summed E-state index contributed by atoms with van der Waals surface area (Å²) in [6.45, 7) is 12.7. The number of nitrogens with one attached hydrogen (secondary N) is 3.